The number of amides is 1. The fourth-order valence-electron chi connectivity index (χ4n) is 2.48. The lowest BCUT2D eigenvalue weighted by Crippen LogP contribution is -2.28. The highest BCUT2D eigenvalue weighted by atomic mass is 35.5. The van der Waals surface area contributed by atoms with E-state index in [9.17, 15) is 4.79 Å². The van der Waals surface area contributed by atoms with Crippen molar-refractivity contribution in [3.05, 3.63) is 70.9 Å². The molecule has 0 saturated heterocycles. The second-order valence-corrected chi connectivity index (χ2v) is 6.91. The molecule has 0 saturated carbocycles. The number of carbonyl (C=O) groups is 1. The first kappa shape index (κ1) is 19.0. The summed E-state index contributed by atoms with van der Waals surface area (Å²) in [6.07, 6.45) is 0. The molecule has 0 aliphatic rings. The van der Waals surface area contributed by atoms with Crippen molar-refractivity contribution in [3.8, 4) is 17.1 Å². The van der Waals surface area contributed by atoms with Crippen molar-refractivity contribution >= 4 is 17.5 Å². The molecule has 0 fully saturated rings. The summed E-state index contributed by atoms with van der Waals surface area (Å²) < 4.78 is 10.8. The van der Waals surface area contributed by atoms with Crippen LogP contribution in [0.2, 0.25) is 5.02 Å². The van der Waals surface area contributed by atoms with Gasteiger partial charge in [0.05, 0.1) is 6.54 Å². The van der Waals surface area contributed by atoms with Crippen LogP contribution in [0.1, 0.15) is 31.0 Å². The summed E-state index contributed by atoms with van der Waals surface area (Å²) in [6, 6.07) is 16.8. The average Bonchev–Trinajstić information content (AvgIpc) is 3.14. The number of nitrogens with zero attached hydrogens (tertiary/aromatic N) is 1. The minimum atomic E-state index is -0.223. The Bertz CT molecular complexity index is 887. The van der Waals surface area contributed by atoms with Gasteiger partial charge < -0.3 is 14.6 Å². The van der Waals surface area contributed by atoms with Gasteiger partial charge in [0.2, 0.25) is 0 Å². The zero-order valence-electron chi connectivity index (χ0n) is 15.2. The van der Waals surface area contributed by atoms with Crippen molar-refractivity contribution in [1.82, 2.24) is 10.5 Å². The third kappa shape index (κ3) is 5.34. The first-order valence-corrected chi connectivity index (χ1v) is 9.10. The van der Waals surface area contributed by atoms with Gasteiger partial charge in [-0.05, 0) is 47.9 Å². The summed E-state index contributed by atoms with van der Waals surface area (Å²) in [5.41, 5.74) is 2.74. The van der Waals surface area contributed by atoms with Crippen molar-refractivity contribution < 1.29 is 14.1 Å². The lowest BCUT2D eigenvalue weighted by Gasteiger charge is -2.09. The second-order valence-electron chi connectivity index (χ2n) is 6.48. The number of ether oxygens (including phenoxy) is 1. The van der Waals surface area contributed by atoms with Gasteiger partial charge in [-0.3, -0.25) is 4.79 Å². The van der Waals surface area contributed by atoms with E-state index in [1.807, 2.05) is 36.4 Å². The quantitative estimate of drug-likeness (QED) is 0.634. The maximum absolute atomic E-state index is 12.0. The van der Waals surface area contributed by atoms with E-state index in [0.29, 0.717) is 28.1 Å². The van der Waals surface area contributed by atoms with E-state index >= 15 is 0 Å². The molecule has 3 rings (SSSR count). The number of rotatable bonds is 7. The Morgan fingerprint density at radius 2 is 1.85 bits per heavy atom. The first-order chi connectivity index (χ1) is 13.0. The maximum atomic E-state index is 12.0. The molecular formula is C21H21ClN2O3. The Hall–Kier alpha value is -2.79. The van der Waals surface area contributed by atoms with Crippen LogP contribution in [0.15, 0.2) is 59.1 Å². The van der Waals surface area contributed by atoms with Crippen molar-refractivity contribution in [2.75, 3.05) is 6.61 Å². The number of aromatic nitrogens is 1. The highest BCUT2D eigenvalue weighted by Crippen LogP contribution is 2.22. The predicted octanol–water partition coefficient (Wildman–Crippen LogP) is 4.81. The molecule has 2 aromatic carbocycles. The van der Waals surface area contributed by atoms with Crippen LogP contribution in [0.5, 0.6) is 5.75 Å². The lowest BCUT2D eigenvalue weighted by molar-refractivity contribution is -0.123. The van der Waals surface area contributed by atoms with Gasteiger partial charge in [0.15, 0.2) is 12.4 Å². The molecule has 0 bridgehead atoms. The highest BCUT2D eigenvalue weighted by Gasteiger charge is 2.09. The monoisotopic (exact) mass is 384 g/mol. The van der Waals surface area contributed by atoms with Crippen LogP contribution in [0.4, 0.5) is 0 Å². The van der Waals surface area contributed by atoms with Gasteiger partial charge in [-0.2, -0.15) is 0 Å². The molecule has 0 atom stereocenters. The molecular weight excluding hydrogens is 364 g/mol. The molecule has 3 aromatic rings. The highest BCUT2D eigenvalue weighted by molar-refractivity contribution is 6.30. The van der Waals surface area contributed by atoms with E-state index in [-0.39, 0.29) is 19.1 Å². The number of halogens is 1. The van der Waals surface area contributed by atoms with Crippen molar-refractivity contribution in [2.45, 2.75) is 26.3 Å². The Morgan fingerprint density at radius 3 is 2.52 bits per heavy atom. The van der Waals surface area contributed by atoms with Gasteiger partial charge in [0.25, 0.3) is 5.91 Å². The zero-order valence-corrected chi connectivity index (χ0v) is 16.0. The van der Waals surface area contributed by atoms with Crippen molar-refractivity contribution in [1.29, 1.82) is 0 Å². The third-order valence-electron chi connectivity index (χ3n) is 4.07. The zero-order chi connectivity index (χ0) is 19.2. The third-order valence-corrected chi connectivity index (χ3v) is 4.32. The van der Waals surface area contributed by atoms with Gasteiger partial charge in [0.1, 0.15) is 11.4 Å². The number of nitrogens with one attached hydrogen (secondary N) is 1. The SMILES string of the molecule is CC(C)c1ccc(OCC(=O)NCc2cc(-c3ccc(Cl)cc3)on2)cc1. The van der Waals surface area contributed by atoms with E-state index in [1.165, 1.54) is 5.56 Å². The Labute approximate surface area is 163 Å². The summed E-state index contributed by atoms with van der Waals surface area (Å²) in [6.45, 7) is 4.48. The molecule has 0 aliphatic carbocycles. The summed E-state index contributed by atoms with van der Waals surface area (Å²) in [7, 11) is 0. The van der Waals surface area contributed by atoms with Crippen LogP contribution >= 0.6 is 11.6 Å². The molecule has 0 unspecified atom stereocenters. The van der Waals surface area contributed by atoms with E-state index in [4.69, 9.17) is 20.9 Å². The Morgan fingerprint density at radius 1 is 1.15 bits per heavy atom. The summed E-state index contributed by atoms with van der Waals surface area (Å²) in [5, 5.41) is 7.39. The minimum Gasteiger partial charge on any atom is -0.484 e. The van der Waals surface area contributed by atoms with E-state index in [0.717, 1.165) is 5.56 Å². The molecule has 1 N–H and O–H groups in total. The minimum absolute atomic E-state index is 0.0527. The maximum Gasteiger partial charge on any atom is 0.258 e. The second kappa shape index (κ2) is 8.73. The van der Waals surface area contributed by atoms with Gasteiger partial charge >= 0.3 is 0 Å². The number of carbonyl (C=O) groups excluding carboxylic acids is 1. The van der Waals surface area contributed by atoms with Crippen LogP contribution in [0, 0.1) is 0 Å². The summed E-state index contributed by atoms with van der Waals surface area (Å²) >= 11 is 5.88. The molecule has 0 spiro atoms. The van der Waals surface area contributed by atoms with Crippen LogP contribution in [0.25, 0.3) is 11.3 Å². The molecule has 1 amide bonds. The fraction of sp³-hybridized carbons (Fsp3) is 0.238. The molecule has 0 radical (unpaired) electrons. The van der Waals surface area contributed by atoms with E-state index in [1.54, 1.807) is 18.2 Å². The van der Waals surface area contributed by atoms with Crippen LogP contribution in [0.3, 0.4) is 0 Å². The Kier molecular flexibility index (Phi) is 6.14. The molecule has 27 heavy (non-hydrogen) atoms. The first-order valence-electron chi connectivity index (χ1n) is 8.72. The number of benzene rings is 2. The van der Waals surface area contributed by atoms with Gasteiger partial charge in [0, 0.05) is 16.7 Å². The number of hydrogen-bond acceptors (Lipinski definition) is 4. The van der Waals surface area contributed by atoms with E-state index < -0.39 is 0 Å². The standard InChI is InChI=1S/C21H21ClN2O3/c1-14(2)15-5-9-19(10-6-15)26-13-21(25)23-12-18-11-20(27-24-18)16-3-7-17(22)8-4-16/h3-11,14H,12-13H2,1-2H3,(H,23,25). The van der Waals surface area contributed by atoms with Crippen molar-refractivity contribution in [2.24, 2.45) is 0 Å². The van der Waals surface area contributed by atoms with Gasteiger partial charge in [-0.1, -0.05) is 42.7 Å². The number of hydrogen-bond donors (Lipinski definition) is 1. The van der Waals surface area contributed by atoms with Crippen LogP contribution in [-0.4, -0.2) is 17.7 Å². The largest absolute Gasteiger partial charge is 0.484 e. The molecule has 0 aliphatic heterocycles. The molecule has 140 valence electrons. The van der Waals surface area contributed by atoms with Gasteiger partial charge in [-0.15, -0.1) is 0 Å². The Balaban J connectivity index is 1.47. The average molecular weight is 385 g/mol. The topological polar surface area (TPSA) is 64.4 Å². The smallest absolute Gasteiger partial charge is 0.258 e. The normalized spacial score (nSPS) is 10.8. The van der Waals surface area contributed by atoms with Crippen LogP contribution < -0.4 is 10.1 Å². The van der Waals surface area contributed by atoms with E-state index in [2.05, 4.69) is 24.3 Å². The summed E-state index contributed by atoms with van der Waals surface area (Å²) in [5.74, 6) is 1.53. The lowest BCUT2D eigenvalue weighted by atomic mass is 10.0. The molecule has 6 heteroatoms. The van der Waals surface area contributed by atoms with Crippen LogP contribution in [-0.2, 0) is 11.3 Å². The molecule has 1 heterocycles. The molecule has 5 nitrogen and oxygen atoms in total. The predicted molar refractivity (Wildman–Crippen MR) is 105 cm³/mol. The summed E-state index contributed by atoms with van der Waals surface area (Å²) in [4.78, 5) is 12.0. The van der Waals surface area contributed by atoms with Gasteiger partial charge in [-0.25, -0.2) is 0 Å². The fourth-order valence-corrected chi connectivity index (χ4v) is 2.61. The van der Waals surface area contributed by atoms with Crippen molar-refractivity contribution in [3.63, 3.8) is 0 Å². The molecule has 1 aromatic heterocycles.